The van der Waals surface area contributed by atoms with Crippen molar-refractivity contribution < 1.29 is 23.7 Å². The van der Waals surface area contributed by atoms with Crippen LogP contribution in [0.3, 0.4) is 0 Å². The summed E-state index contributed by atoms with van der Waals surface area (Å²) in [5.41, 5.74) is 0.475. The molecule has 21 heavy (non-hydrogen) atoms. The van der Waals surface area contributed by atoms with E-state index in [1.165, 1.54) is 4.90 Å². The molecule has 8 heteroatoms. The van der Waals surface area contributed by atoms with Crippen LogP contribution in [0.25, 0.3) is 0 Å². The second-order valence-corrected chi connectivity index (χ2v) is 5.99. The third-order valence-electron chi connectivity index (χ3n) is 2.84. The molecule has 1 aromatic carbocycles. The van der Waals surface area contributed by atoms with Crippen LogP contribution in [0.15, 0.2) is 30.3 Å². The van der Waals surface area contributed by atoms with Crippen molar-refractivity contribution in [2.45, 2.75) is 3.82 Å². The molecular weight excluding hydrogens is 388 g/mol. The maximum atomic E-state index is 12.3. The van der Waals surface area contributed by atoms with E-state index < -0.39 is 22.9 Å². The first kappa shape index (κ1) is 16.0. The predicted octanol–water partition coefficient (Wildman–Crippen LogP) is 0.732. The molecule has 0 saturated carbocycles. The average Bonchev–Trinajstić information content (AvgIpc) is 2.44. The lowest BCUT2D eigenvalue weighted by atomic mass is 9.80. The molecule has 1 fully saturated rings. The SMILES string of the molecule is CN1CC(=O)OB([C@@H](I)C(=O)c2ccccc2)OC(=O)C1. The lowest BCUT2D eigenvalue weighted by Gasteiger charge is -2.24. The van der Waals surface area contributed by atoms with E-state index in [2.05, 4.69) is 0 Å². The molecule has 1 heterocycles. The number of ketones is 1. The number of rotatable bonds is 3. The van der Waals surface area contributed by atoms with Gasteiger partial charge in [0.15, 0.2) is 5.78 Å². The summed E-state index contributed by atoms with van der Waals surface area (Å²) in [6, 6.07) is 8.59. The summed E-state index contributed by atoms with van der Waals surface area (Å²) >= 11 is 1.83. The smallest absolute Gasteiger partial charge is 0.497 e. The molecule has 2 rings (SSSR count). The summed E-state index contributed by atoms with van der Waals surface area (Å²) in [5, 5.41) is 0. The molecule has 1 aliphatic heterocycles. The first-order valence-electron chi connectivity index (χ1n) is 6.28. The first-order valence-corrected chi connectivity index (χ1v) is 7.53. The maximum absolute atomic E-state index is 12.3. The van der Waals surface area contributed by atoms with E-state index in [0.717, 1.165) is 0 Å². The molecule has 0 radical (unpaired) electrons. The summed E-state index contributed by atoms with van der Waals surface area (Å²) in [7, 11) is 0.409. The van der Waals surface area contributed by atoms with Crippen LogP contribution in [0.4, 0.5) is 0 Å². The molecule has 0 spiro atoms. The van der Waals surface area contributed by atoms with E-state index in [-0.39, 0.29) is 18.9 Å². The van der Waals surface area contributed by atoms with Gasteiger partial charge in [-0.25, -0.2) is 0 Å². The van der Waals surface area contributed by atoms with Gasteiger partial charge in [0, 0.05) is 5.56 Å². The van der Waals surface area contributed by atoms with E-state index >= 15 is 0 Å². The maximum Gasteiger partial charge on any atom is 0.620 e. The zero-order valence-electron chi connectivity index (χ0n) is 11.3. The van der Waals surface area contributed by atoms with Crippen LogP contribution in [0.2, 0.25) is 0 Å². The Morgan fingerprint density at radius 3 is 2.24 bits per heavy atom. The number of benzene rings is 1. The van der Waals surface area contributed by atoms with Gasteiger partial charge in [0.25, 0.3) is 0 Å². The van der Waals surface area contributed by atoms with E-state index in [1.54, 1.807) is 37.4 Å². The Morgan fingerprint density at radius 1 is 1.19 bits per heavy atom. The van der Waals surface area contributed by atoms with Crippen molar-refractivity contribution in [2.24, 2.45) is 0 Å². The quantitative estimate of drug-likeness (QED) is 0.322. The van der Waals surface area contributed by atoms with Crippen LogP contribution in [0.1, 0.15) is 10.4 Å². The lowest BCUT2D eigenvalue weighted by Crippen LogP contribution is -2.48. The number of hydrogen-bond acceptors (Lipinski definition) is 6. The highest BCUT2D eigenvalue weighted by Gasteiger charge is 2.42. The summed E-state index contributed by atoms with van der Waals surface area (Å²) in [6.07, 6.45) is 0. The Kier molecular flexibility index (Phi) is 5.35. The van der Waals surface area contributed by atoms with Gasteiger partial charge in [0.1, 0.15) is 3.82 Å². The highest BCUT2D eigenvalue weighted by Crippen LogP contribution is 2.17. The molecule has 1 saturated heterocycles. The molecule has 110 valence electrons. The standard InChI is InChI=1S/C13H13BINO5/c1-16-7-10(17)20-14(21-11(18)8-16)13(15)12(19)9-5-3-2-4-6-9/h2-6,13H,7-8H2,1H3/t13-/m0/s1. The molecule has 0 N–H and O–H groups in total. The van der Waals surface area contributed by atoms with E-state index in [9.17, 15) is 14.4 Å². The Labute approximate surface area is 136 Å². The minimum absolute atomic E-state index is 0.0194. The van der Waals surface area contributed by atoms with Crippen molar-refractivity contribution >= 4 is 47.4 Å². The minimum atomic E-state index is -1.20. The van der Waals surface area contributed by atoms with Gasteiger partial charge in [-0.2, -0.15) is 0 Å². The van der Waals surface area contributed by atoms with Gasteiger partial charge in [-0.3, -0.25) is 19.3 Å². The first-order chi connectivity index (χ1) is 9.97. The molecule has 0 bridgehead atoms. The molecular formula is C13H13BINO5. The predicted molar refractivity (Wildman–Crippen MR) is 84.0 cm³/mol. The van der Waals surface area contributed by atoms with Gasteiger partial charge in [-0.15, -0.1) is 0 Å². The topological polar surface area (TPSA) is 72.9 Å². The van der Waals surface area contributed by atoms with Crippen LogP contribution in [0, 0.1) is 0 Å². The Balaban J connectivity index is 2.13. The van der Waals surface area contributed by atoms with Gasteiger partial charge in [-0.05, 0) is 7.05 Å². The molecule has 0 unspecified atom stereocenters. The number of halogens is 1. The molecule has 0 aromatic heterocycles. The van der Waals surface area contributed by atoms with Crippen molar-refractivity contribution in [2.75, 3.05) is 20.1 Å². The minimum Gasteiger partial charge on any atom is -0.497 e. The van der Waals surface area contributed by atoms with Crippen LogP contribution >= 0.6 is 22.6 Å². The zero-order chi connectivity index (χ0) is 15.4. The summed E-state index contributed by atoms with van der Waals surface area (Å²) < 4.78 is 9.38. The fourth-order valence-corrected chi connectivity index (χ4v) is 2.51. The van der Waals surface area contributed by atoms with Crippen molar-refractivity contribution in [3.8, 4) is 0 Å². The number of hydrogen-bond donors (Lipinski definition) is 0. The average molecular weight is 401 g/mol. The van der Waals surface area contributed by atoms with Crippen LogP contribution < -0.4 is 0 Å². The third kappa shape index (κ3) is 4.27. The summed E-state index contributed by atoms with van der Waals surface area (Å²) in [6.45, 7) is -0.0387. The number of Topliss-reactive ketones (excluding diaryl/α,β-unsaturated/α-hetero) is 1. The van der Waals surface area contributed by atoms with Gasteiger partial charge >= 0.3 is 19.1 Å². The number of likely N-dealkylation sites (N-methyl/N-ethyl adjacent to an activating group) is 1. The number of carbonyl (C=O) groups excluding carboxylic acids is 3. The molecule has 1 aromatic rings. The fourth-order valence-electron chi connectivity index (χ4n) is 1.86. The highest BCUT2D eigenvalue weighted by molar-refractivity contribution is 14.1. The second kappa shape index (κ2) is 7.03. The van der Waals surface area contributed by atoms with Crippen molar-refractivity contribution in [3.05, 3.63) is 35.9 Å². The van der Waals surface area contributed by atoms with Gasteiger partial charge in [0.2, 0.25) is 0 Å². The van der Waals surface area contributed by atoms with Crippen molar-refractivity contribution in [3.63, 3.8) is 0 Å². The number of alkyl halides is 1. The lowest BCUT2D eigenvalue weighted by molar-refractivity contribution is -0.145. The molecule has 1 atom stereocenters. The summed E-state index contributed by atoms with van der Waals surface area (Å²) in [5.74, 6) is -1.31. The monoisotopic (exact) mass is 401 g/mol. The molecule has 6 nitrogen and oxygen atoms in total. The highest BCUT2D eigenvalue weighted by atomic mass is 127. The van der Waals surface area contributed by atoms with Crippen LogP contribution in [-0.2, 0) is 18.9 Å². The van der Waals surface area contributed by atoms with Gasteiger partial charge < -0.3 is 9.31 Å². The summed E-state index contributed by atoms with van der Waals surface area (Å²) in [4.78, 5) is 37.1. The number of nitrogens with zero attached hydrogens (tertiary/aromatic N) is 1. The molecule has 1 aliphatic rings. The van der Waals surface area contributed by atoms with Crippen molar-refractivity contribution in [1.29, 1.82) is 0 Å². The normalized spacial score (nSPS) is 18.3. The van der Waals surface area contributed by atoms with E-state index in [0.29, 0.717) is 5.56 Å². The van der Waals surface area contributed by atoms with Crippen LogP contribution in [-0.4, -0.2) is 53.7 Å². The van der Waals surface area contributed by atoms with Crippen molar-refractivity contribution in [1.82, 2.24) is 4.90 Å². The molecule has 0 aliphatic carbocycles. The van der Waals surface area contributed by atoms with E-state index in [1.807, 2.05) is 22.6 Å². The second-order valence-electron chi connectivity index (χ2n) is 4.65. The van der Waals surface area contributed by atoms with E-state index in [4.69, 9.17) is 9.31 Å². The number of carbonyl (C=O) groups is 3. The Bertz CT molecular complexity index is 533. The Morgan fingerprint density at radius 2 is 1.71 bits per heavy atom. The molecule has 0 amide bonds. The zero-order valence-corrected chi connectivity index (χ0v) is 13.5. The third-order valence-corrected chi connectivity index (χ3v) is 3.99. The largest absolute Gasteiger partial charge is 0.620 e. The Hall–Kier alpha value is -1.42. The van der Waals surface area contributed by atoms with Crippen LogP contribution in [0.5, 0.6) is 0 Å². The van der Waals surface area contributed by atoms with Gasteiger partial charge in [-0.1, -0.05) is 52.9 Å². The van der Waals surface area contributed by atoms with Gasteiger partial charge in [0.05, 0.1) is 13.1 Å². The fraction of sp³-hybridized carbons (Fsp3) is 0.308.